The maximum absolute atomic E-state index is 12.2. The van der Waals surface area contributed by atoms with Crippen molar-refractivity contribution in [1.82, 2.24) is 10.6 Å². The van der Waals surface area contributed by atoms with Gasteiger partial charge >= 0.3 is 6.61 Å². The Labute approximate surface area is 134 Å². The van der Waals surface area contributed by atoms with Crippen molar-refractivity contribution in [2.75, 3.05) is 7.05 Å². The van der Waals surface area contributed by atoms with Crippen LogP contribution in [0.2, 0.25) is 0 Å². The van der Waals surface area contributed by atoms with E-state index in [1.807, 2.05) is 6.07 Å². The Morgan fingerprint density at radius 1 is 1.43 bits per heavy atom. The van der Waals surface area contributed by atoms with Crippen LogP contribution in [0.3, 0.4) is 0 Å². The summed E-state index contributed by atoms with van der Waals surface area (Å²) < 4.78 is 34.7. The summed E-state index contributed by atoms with van der Waals surface area (Å²) in [6, 6.07) is 6.92. The molecule has 3 atom stereocenters. The van der Waals surface area contributed by atoms with E-state index in [4.69, 9.17) is 4.74 Å². The van der Waals surface area contributed by atoms with Gasteiger partial charge in [-0.25, -0.2) is 0 Å². The highest BCUT2D eigenvalue weighted by Crippen LogP contribution is 2.34. The molecule has 2 N–H and O–H groups in total. The van der Waals surface area contributed by atoms with Gasteiger partial charge in [-0.15, -0.1) is 0 Å². The summed E-state index contributed by atoms with van der Waals surface area (Å²) in [6.45, 7) is -2.34. The van der Waals surface area contributed by atoms with Crippen LogP contribution in [0.5, 0.6) is 5.75 Å². The fourth-order valence-electron chi connectivity index (χ4n) is 3.18. The van der Waals surface area contributed by atoms with Crippen molar-refractivity contribution in [2.24, 2.45) is 4.99 Å². The molecule has 0 amide bonds. The number of ether oxygens (including phenoxy) is 2. The van der Waals surface area contributed by atoms with Gasteiger partial charge in [-0.2, -0.15) is 8.78 Å². The van der Waals surface area contributed by atoms with Gasteiger partial charge in [-0.05, 0) is 37.0 Å². The lowest BCUT2D eigenvalue weighted by Gasteiger charge is -2.22. The molecular weight excluding hydrogens is 304 g/mol. The largest absolute Gasteiger partial charge is 0.435 e. The molecule has 2 bridgehead atoms. The van der Waals surface area contributed by atoms with E-state index in [0.29, 0.717) is 18.6 Å². The summed E-state index contributed by atoms with van der Waals surface area (Å²) in [5.74, 6) is 0.843. The SMILES string of the molecule is CN=C(NCc1cccc(OC(F)F)c1)NC1CC2CCC1O2. The standard InChI is InChI=1S/C16H21F2N3O2/c1-19-16(21-13-8-12-5-6-14(13)22-12)20-9-10-3-2-4-11(7-10)23-15(17)18/h2-4,7,12-15H,5-6,8-9H2,1H3,(H2,19,20,21). The van der Waals surface area contributed by atoms with Crippen molar-refractivity contribution in [3.05, 3.63) is 29.8 Å². The lowest BCUT2D eigenvalue weighted by molar-refractivity contribution is -0.0498. The van der Waals surface area contributed by atoms with E-state index in [1.54, 1.807) is 19.2 Å². The van der Waals surface area contributed by atoms with Crippen LogP contribution >= 0.6 is 0 Å². The van der Waals surface area contributed by atoms with Gasteiger partial charge in [0.05, 0.1) is 18.2 Å². The van der Waals surface area contributed by atoms with Crippen LogP contribution in [-0.4, -0.2) is 37.9 Å². The van der Waals surface area contributed by atoms with Gasteiger partial charge in [-0.1, -0.05) is 12.1 Å². The van der Waals surface area contributed by atoms with Gasteiger partial charge in [0.1, 0.15) is 5.75 Å². The first-order valence-electron chi connectivity index (χ1n) is 7.80. The van der Waals surface area contributed by atoms with Crippen molar-refractivity contribution in [1.29, 1.82) is 0 Å². The number of aliphatic imine (C=N–C) groups is 1. The normalized spacial score (nSPS) is 26.6. The fourth-order valence-corrected chi connectivity index (χ4v) is 3.18. The molecule has 23 heavy (non-hydrogen) atoms. The third-order valence-electron chi connectivity index (χ3n) is 4.24. The predicted octanol–water partition coefficient (Wildman–Crippen LogP) is 2.27. The third-order valence-corrected chi connectivity index (χ3v) is 4.24. The van der Waals surface area contributed by atoms with E-state index in [-0.39, 0.29) is 17.9 Å². The van der Waals surface area contributed by atoms with Crippen LogP contribution in [0.25, 0.3) is 0 Å². The van der Waals surface area contributed by atoms with Gasteiger partial charge < -0.3 is 20.1 Å². The monoisotopic (exact) mass is 325 g/mol. The third kappa shape index (κ3) is 4.10. The Morgan fingerprint density at radius 3 is 2.96 bits per heavy atom. The molecule has 126 valence electrons. The molecule has 0 aliphatic carbocycles. The van der Waals surface area contributed by atoms with Crippen LogP contribution in [0.15, 0.2) is 29.3 Å². The maximum Gasteiger partial charge on any atom is 0.387 e. The Bertz CT molecular complexity index is 568. The quantitative estimate of drug-likeness (QED) is 0.644. The average Bonchev–Trinajstić information content (AvgIpc) is 3.13. The second-order valence-corrected chi connectivity index (χ2v) is 5.81. The topological polar surface area (TPSA) is 54.9 Å². The first-order valence-corrected chi connectivity index (χ1v) is 7.80. The molecule has 2 heterocycles. The number of nitrogens with zero attached hydrogens (tertiary/aromatic N) is 1. The van der Waals surface area contributed by atoms with Crippen molar-refractivity contribution < 1.29 is 18.3 Å². The summed E-state index contributed by atoms with van der Waals surface area (Å²) in [5, 5.41) is 6.57. The molecule has 3 unspecified atom stereocenters. The number of nitrogens with one attached hydrogen (secondary N) is 2. The number of benzene rings is 1. The zero-order chi connectivity index (χ0) is 16.2. The highest BCUT2D eigenvalue weighted by Gasteiger charge is 2.41. The van der Waals surface area contributed by atoms with E-state index >= 15 is 0 Å². The van der Waals surface area contributed by atoms with Crippen LogP contribution in [-0.2, 0) is 11.3 Å². The Hall–Kier alpha value is -1.89. The molecule has 2 fully saturated rings. The summed E-state index contributed by atoms with van der Waals surface area (Å²) in [7, 11) is 1.71. The Balaban J connectivity index is 1.52. The van der Waals surface area contributed by atoms with Gasteiger partial charge in [0.25, 0.3) is 0 Å². The fraction of sp³-hybridized carbons (Fsp3) is 0.562. The average molecular weight is 325 g/mol. The summed E-state index contributed by atoms with van der Waals surface area (Å²) in [4.78, 5) is 4.21. The highest BCUT2D eigenvalue weighted by atomic mass is 19.3. The molecule has 7 heteroatoms. The van der Waals surface area contributed by atoms with E-state index in [2.05, 4.69) is 20.4 Å². The van der Waals surface area contributed by atoms with Crippen LogP contribution in [0, 0.1) is 0 Å². The van der Waals surface area contributed by atoms with Gasteiger partial charge in [0, 0.05) is 13.6 Å². The molecule has 0 spiro atoms. The summed E-state index contributed by atoms with van der Waals surface area (Å²) in [5.41, 5.74) is 0.843. The number of hydrogen-bond acceptors (Lipinski definition) is 3. The first-order chi connectivity index (χ1) is 11.1. The number of fused-ring (bicyclic) bond motifs is 2. The summed E-state index contributed by atoms with van der Waals surface area (Å²) >= 11 is 0. The Morgan fingerprint density at radius 2 is 2.30 bits per heavy atom. The lowest BCUT2D eigenvalue weighted by Crippen LogP contribution is -2.47. The molecule has 1 aromatic rings. The van der Waals surface area contributed by atoms with Crippen molar-refractivity contribution >= 4 is 5.96 Å². The predicted molar refractivity (Wildman–Crippen MR) is 82.7 cm³/mol. The van der Waals surface area contributed by atoms with Crippen LogP contribution < -0.4 is 15.4 Å². The minimum atomic E-state index is -2.81. The van der Waals surface area contributed by atoms with Crippen LogP contribution in [0.1, 0.15) is 24.8 Å². The zero-order valence-electron chi connectivity index (χ0n) is 13.0. The molecule has 0 aromatic heterocycles. The molecule has 1 aromatic carbocycles. The molecule has 5 nitrogen and oxygen atoms in total. The number of halogens is 2. The Kier molecular flexibility index (Phi) is 4.95. The minimum Gasteiger partial charge on any atom is -0.435 e. The van der Waals surface area contributed by atoms with Gasteiger partial charge in [0.15, 0.2) is 5.96 Å². The molecule has 0 radical (unpaired) electrons. The molecule has 2 aliphatic heterocycles. The van der Waals surface area contributed by atoms with Crippen LogP contribution in [0.4, 0.5) is 8.78 Å². The van der Waals surface area contributed by atoms with Crippen molar-refractivity contribution in [2.45, 2.75) is 50.7 Å². The second-order valence-electron chi connectivity index (χ2n) is 5.81. The summed E-state index contributed by atoms with van der Waals surface area (Å²) in [6.07, 6.45) is 3.88. The lowest BCUT2D eigenvalue weighted by atomic mass is 9.96. The number of hydrogen-bond donors (Lipinski definition) is 2. The van der Waals surface area contributed by atoms with E-state index in [9.17, 15) is 8.78 Å². The van der Waals surface area contributed by atoms with Gasteiger partial charge in [0.2, 0.25) is 0 Å². The molecule has 3 rings (SSSR count). The van der Waals surface area contributed by atoms with E-state index < -0.39 is 6.61 Å². The minimum absolute atomic E-state index is 0.156. The number of guanidine groups is 1. The second kappa shape index (κ2) is 7.12. The number of alkyl halides is 2. The van der Waals surface area contributed by atoms with Crippen molar-refractivity contribution in [3.8, 4) is 5.75 Å². The molecular formula is C16H21F2N3O2. The molecule has 2 aliphatic rings. The maximum atomic E-state index is 12.2. The smallest absolute Gasteiger partial charge is 0.387 e. The zero-order valence-corrected chi connectivity index (χ0v) is 13.0. The van der Waals surface area contributed by atoms with Crippen molar-refractivity contribution in [3.63, 3.8) is 0 Å². The van der Waals surface area contributed by atoms with E-state index in [0.717, 1.165) is 24.8 Å². The molecule has 2 saturated heterocycles. The highest BCUT2D eigenvalue weighted by molar-refractivity contribution is 5.80. The van der Waals surface area contributed by atoms with E-state index in [1.165, 1.54) is 6.07 Å². The molecule has 0 saturated carbocycles. The van der Waals surface area contributed by atoms with Gasteiger partial charge in [-0.3, -0.25) is 4.99 Å². The number of rotatable bonds is 5. The first kappa shape index (κ1) is 16.0.